The van der Waals surface area contributed by atoms with Crippen LogP contribution in [0.5, 0.6) is 5.88 Å². The van der Waals surface area contributed by atoms with Crippen LogP contribution in [0.3, 0.4) is 0 Å². The van der Waals surface area contributed by atoms with Crippen LogP contribution >= 0.6 is 0 Å². The maximum atomic E-state index is 13.1. The molecule has 0 spiro atoms. The van der Waals surface area contributed by atoms with E-state index in [2.05, 4.69) is 20.0 Å². The van der Waals surface area contributed by atoms with E-state index in [9.17, 15) is 8.42 Å². The number of aromatic nitrogens is 2. The van der Waals surface area contributed by atoms with Gasteiger partial charge in [-0.05, 0) is 61.2 Å². The highest BCUT2D eigenvalue weighted by atomic mass is 32.2. The smallest absolute Gasteiger partial charge is 0.264 e. The van der Waals surface area contributed by atoms with Gasteiger partial charge in [0.05, 0.1) is 17.1 Å². The van der Waals surface area contributed by atoms with Crippen LogP contribution in [0.2, 0.25) is 0 Å². The Labute approximate surface area is 205 Å². The number of benzene rings is 3. The number of nitrogens with one attached hydrogen (secondary N) is 2. The molecular formula is C27H26N4O3S. The third-order valence-corrected chi connectivity index (χ3v) is 7.43. The molecule has 0 radical (unpaired) electrons. The van der Waals surface area contributed by atoms with Crippen molar-refractivity contribution in [2.75, 3.05) is 16.6 Å². The zero-order valence-corrected chi connectivity index (χ0v) is 20.6. The molecule has 2 heterocycles. The summed E-state index contributed by atoms with van der Waals surface area (Å²) >= 11 is 0. The Kier molecular flexibility index (Phi) is 5.90. The molecular weight excluding hydrogens is 460 g/mol. The predicted molar refractivity (Wildman–Crippen MR) is 137 cm³/mol. The molecule has 8 heteroatoms. The van der Waals surface area contributed by atoms with Gasteiger partial charge in [-0.2, -0.15) is 4.98 Å². The van der Waals surface area contributed by atoms with Gasteiger partial charge in [0, 0.05) is 17.3 Å². The van der Waals surface area contributed by atoms with Crippen molar-refractivity contribution in [3.63, 3.8) is 0 Å². The second-order valence-electron chi connectivity index (χ2n) is 8.66. The third kappa shape index (κ3) is 4.70. The van der Waals surface area contributed by atoms with Crippen LogP contribution in [0.1, 0.15) is 28.4 Å². The molecule has 1 aliphatic heterocycles. The average Bonchev–Trinajstić information content (AvgIpc) is 2.81. The normalized spacial score (nSPS) is 16.6. The van der Waals surface area contributed by atoms with Crippen LogP contribution in [-0.4, -0.2) is 24.9 Å². The Balaban J connectivity index is 1.70. The molecule has 2 N–H and O–H groups in total. The summed E-state index contributed by atoms with van der Waals surface area (Å²) in [6.07, 6.45) is -0.371. The molecule has 0 aliphatic carbocycles. The first kappa shape index (κ1) is 22.9. The van der Waals surface area contributed by atoms with E-state index < -0.39 is 10.0 Å². The second kappa shape index (κ2) is 9.03. The lowest BCUT2D eigenvalue weighted by Crippen LogP contribution is -2.22. The average molecular weight is 487 g/mol. The van der Waals surface area contributed by atoms with E-state index in [0.29, 0.717) is 17.9 Å². The van der Waals surface area contributed by atoms with Gasteiger partial charge in [0.15, 0.2) is 0 Å². The third-order valence-electron chi connectivity index (χ3n) is 6.10. The summed E-state index contributed by atoms with van der Waals surface area (Å²) in [6, 6.07) is 22.4. The molecule has 1 unspecified atom stereocenters. The fraction of sp³-hybridized carbons (Fsp3) is 0.185. The number of rotatable bonds is 2. The quantitative estimate of drug-likeness (QED) is 0.393. The summed E-state index contributed by atoms with van der Waals surface area (Å²) < 4.78 is 35.2. The minimum absolute atomic E-state index is 0.0392. The molecule has 0 saturated carbocycles. The van der Waals surface area contributed by atoms with Crippen molar-refractivity contribution < 1.29 is 13.2 Å². The van der Waals surface area contributed by atoms with Crippen molar-refractivity contribution in [3.05, 3.63) is 95.1 Å². The number of hydrogen-bond acceptors (Lipinski definition) is 6. The Bertz CT molecular complexity index is 1500. The van der Waals surface area contributed by atoms with Gasteiger partial charge >= 0.3 is 0 Å². The number of ether oxygens (including phenoxy) is 1. The first-order chi connectivity index (χ1) is 16.8. The summed E-state index contributed by atoms with van der Waals surface area (Å²) in [5.74, 6) is 0.247. The van der Waals surface area contributed by atoms with Gasteiger partial charge in [-0.15, -0.1) is 0 Å². The van der Waals surface area contributed by atoms with E-state index in [1.807, 2.05) is 69.3 Å². The van der Waals surface area contributed by atoms with Crippen molar-refractivity contribution in [2.45, 2.75) is 31.8 Å². The Morgan fingerprint density at radius 1 is 0.857 bits per heavy atom. The highest BCUT2D eigenvalue weighted by molar-refractivity contribution is 7.92. The van der Waals surface area contributed by atoms with Crippen molar-refractivity contribution in [2.24, 2.45) is 0 Å². The van der Waals surface area contributed by atoms with Crippen LogP contribution in [-0.2, 0) is 10.0 Å². The molecule has 1 aromatic heterocycles. The number of anilines is 2. The standard InChI is InChI=1S/C27H26N4O3S/c1-17-8-4-5-13-22(17)24-16-28-20-11-7-12-21(14-20)35(32,33)31-27-29-23(15-25(30-27)34-24)26-18(2)9-6-10-19(26)3/h4-15,24,28H,16H2,1-3H3,(H,29,30,31). The van der Waals surface area contributed by atoms with Crippen molar-refractivity contribution in [3.8, 4) is 17.1 Å². The maximum Gasteiger partial charge on any atom is 0.264 e. The van der Waals surface area contributed by atoms with Crippen LogP contribution < -0.4 is 14.8 Å². The van der Waals surface area contributed by atoms with Gasteiger partial charge in [-0.1, -0.05) is 48.5 Å². The molecule has 0 amide bonds. The Morgan fingerprint density at radius 3 is 2.34 bits per heavy atom. The number of nitrogens with zero attached hydrogens (tertiary/aromatic N) is 2. The van der Waals surface area contributed by atoms with Gasteiger partial charge in [0.2, 0.25) is 11.8 Å². The molecule has 4 bridgehead atoms. The molecule has 7 nitrogen and oxygen atoms in total. The lowest BCUT2D eigenvalue weighted by atomic mass is 10.00. The molecule has 3 aromatic carbocycles. The van der Waals surface area contributed by atoms with Gasteiger partial charge in [-0.25, -0.2) is 18.1 Å². The van der Waals surface area contributed by atoms with Crippen LogP contribution in [0.15, 0.2) is 77.7 Å². The monoisotopic (exact) mass is 486 g/mol. The van der Waals surface area contributed by atoms with Crippen LogP contribution in [0, 0.1) is 20.8 Å². The zero-order chi connectivity index (χ0) is 24.6. The second-order valence-corrected chi connectivity index (χ2v) is 10.3. The number of sulfonamides is 1. The lowest BCUT2D eigenvalue weighted by Gasteiger charge is -2.23. The minimum Gasteiger partial charge on any atom is -0.467 e. The van der Waals surface area contributed by atoms with E-state index >= 15 is 0 Å². The number of hydrogen-bond donors (Lipinski definition) is 2. The van der Waals surface area contributed by atoms with E-state index in [1.54, 1.807) is 24.3 Å². The first-order valence-corrected chi connectivity index (χ1v) is 12.8. The van der Waals surface area contributed by atoms with Crippen molar-refractivity contribution in [1.29, 1.82) is 0 Å². The highest BCUT2D eigenvalue weighted by Crippen LogP contribution is 2.32. The topological polar surface area (TPSA) is 93.2 Å². The first-order valence-electron chi connectivity index (χ1n) is 11.3. The zero-order valence-electron chi connectivity index (χ0n) is 19.7. The Hall–Kier alpha value is -3.91. The van der Waals surface area contributed by atoms with Crippen LogP contribution in [0.4, 0.5) is 11.6 Å². The molecule has 1 aliphatic rings. The number of aryl methyl sites for hydroxylation is 3. The maximum absolute atomic E-state index is 13.1. The minimum atomic E-state index is -3.91. The summed E-state index contributed by atoms with van der Waals surface area (Å²) in [5.41, 5.74) is 6.33. The van der Waals surface area contributed by atoms with Gasteiger partial charge in [-0.3, -0.25) is 0 Å². The van der Waals surface area contributed by atoms with Crippen molar-refractivity contribution >= 4 is 21.7 Å². The van der Waals surface area contributed by atoms with E-state index in [4.69, 9.17) is 4.74 Å². The van der Waals surface area contributed by atoms with Crippen LogP contribution in [0.25, 0.3) is 11.3 Å². The molecule has 178 valence electrons. The molecule has 0 saturated heterocycles. The largest absolute Gasteiger partial charge is 0.467 e. The van der Waals surface area contributed by atoms with Crippen molar-refractivity contribution in [1.82, 2.24) is 9.97 Å². The van der Waals surface area contributed by atoms with E-state index in [0.717, 1.165) is 27.8 Å². The summed E-state index contributed by atoms with van der Waals surface area (Å²) in [6.45, 7) is 6.45. The van der Waals surface area contributed by atoms with Gasteiger partial charge in [0.1, 0.15) is 6.10 Å². The SMILES string of the molecule is Cc1ccccc1C1CNc2cccc(c2)S(=O)(=O)Nc2nc(cc(-c3c(C)cccc3C)n2)O1. The van der Waals surface area contributed by atoms with E-state index in [1.165, 1.54) is 0 Å². The highest BCUT2D eigenvalue weighted by Gasteiger charge is 2.23. The Morgan fingerprint density at radius 2 is 1.57 bits per heavy atom. The van der Waals surface area contributed by atoms with E-state index in [-0.39, 0.29) is 22.8 Å². The summed E-state index contributed by atoms with van der Waals surface area (Å²) in [4.78, 5) is 9.14. The molecule has 1 atom stereocenters. The molecule has 4 aromatic rings. The fourth-order valence-electron chi connectivity index (χ4n) is 4.35. The predicted octanol–water partition coefficient (Wildman–Crippen LogP) is 5.42. The van der Waals surface area contributed by atoms with Gasteiger partial charge in [0.25, 0.3) is 10.0 Å². The molecule has 5 rings (SSSR count). The fourth-order valence-corrected chi connectivity index (χ4v) is 5.34. The lowest BCUT2D eigenvalue weighted by molar-refractivity contribution is 0.209. The number of fused-ring (bicyclic) bond motifs is 4. The molecule has 35 heavy (non-hydrogen) atoms. The summed E-state index contributed by atoms with van der Waals surface area (Å²) in [5, 5.41) is 3.33. The van der Waals surface area contributed by atoms with Gasteiger partial charge < -0.3 is 10.1 Å². The summed E-state index contributed by atoms with van der Waals surface area (Å²) in [7, 11) is -3.91. The molecule has 0 fully saturated rings.